The lowest BCUT2D eigenvalue weighted by Crippen LogP contribution is -2.48. The molecule has 7 aromatic carbocycles. The molecule has 4 heteroatoms. The molecule has 0 aliphatic heterocycles. The minimum atomic E-state index is 0.364. The van der Waals surface area contributed by atoms with Gasteiger partial charge in [-0.2, -0.15) is 5.26 Å². The van der Waals surface area contributed by atoms with Crippen LogP contribution in [-0.4, -0.2) is 15.0 Å². The largest absolute Gasteiger partial charge is 0.208 e. The van der Waals surface area contributed by atoms with Gasteiger partial charge in [0.2, 0.25) is 0 Å². The molecule has 8 aromatic rings. The second-order valence-electron chi connectivity index (χ2n) is 17.4. The number of nitrogens with zero attached hydrogens (tertiary/aromatic N) is 4. The Morgan fingerprint density at radius 3 is 1.43 bits per heavy atom. The van der Waals surface area contributed by atoms with Crippen LogP contribution in [0.2, 0.25) is 0 Å². The molecule has 0 unspecified atom stereocenters. The van der Waals surface area contributed by atoms with Crippen LogP contribution in [0.15, 0.2) is 176 Å². The van der Waals surface area contributed by atoms with Crippen molar-refractivity contribution in [3.8, 4) is 84.7 Å². The predicted octanol–water partition coefficient (Wildman–Crippen LogP) is 13.9. The molecule has 12 rings (SSSR count). The Bertz CT molecular complexity index is 2860. The quantitative estimate of drug-likeness (QED) is 0.154. The van der Waals surface area contributed by atoms with Gasteiger partial charge in [0, 0.05) is 16.7 Å². The molecule has 0 N–H and O–H groups in total. The number of benzene rings is 7. The maximum atomic E-state index is 10.2. The van der Waals surface area contributed by atoms with Crippen LogP contribution in [0.5, 0.6) is 0 Å². The van der Waals surface area contributed by atoms with Crippen molar-refractivity contribution in [2.75, 3.05) is 0 Å². The molecule has 1 aromatic heterocycles. The van der Waals surface area contributed by atoms with E-state index in [4.69, 9.17) is 15.0 Å². The molecule has 4 saturated carbocycles. The highest BCUT2D eigenvalue weighted by molar-refractivity contribution is 5.87. The van der Waals surface area contributed by atoms with E-state index in [0.29, 0.717) is 28.5 Å². The van der Waals surface area contributed by atoms with Gasteiger partial charge in [-0.1, -0.05) is 146 Å². The van der Waals surface area contributed by atoms with Crippen LogP contribution in [0, 0.1) is 29.1 Å². The zero-order chi connectivity index (χ0) is 40.0. The van der Waals surface area contributed by atoms with Crippen LogP contribution >= 0.6 is 0 Å². The van der Waals surface area contributed by atoms with E-state index in [9.17, 15) is 5.26 Å². The molecule has 4 aliphatic carbocycles. The first-order valence-electron chi connectivity index (χ1n) is 21.4. The Morgan fingerprint density at radius 1 is 0.383 bits per heavy atom. The lowest BCUT2D eigenvalue weighted by Gasteiger charge is -2.57. The third-order valence-electron chi connectivity index (χ3n) is 13.5. The molecule has 288 valence electrons. The van der Waals surface area contributed by atoms with Crippen molar-refractivity contribution in [2.24, 2.45) is 17.8 Å². The van der Waals surface area contributed by atoms with Gasteiger partial charge in [-0.15, -0.1) is 0 Å². The molecule has 4 nitrogen and oxygen atoms in total. The average molecular weight is 773 g/mol. The first-order chi connectivity index (χ1) is 29.6. The van der Waals surface area contributed by atoms with Crippen LogP contribution in [-0.2, 0) is 5.41 Å². The van der Waals surface area contributed by atoms with Gasteiger partial charge in [-0.3, -0.25) is 0 Å². The Hall–Kier alpha value is -6.96. The topological polar surface area (TPSA) is 62.5 Å². The van der Waals surface area contributed by atoms with Crippen molar-refractivity contribution >= 4 is 0 Å². The zero-order valence-corrected chi connectivity index (χ0v) is 33.5. The molecule has 0 saturated heterocycles. The van der Waals surface area contributed by atoms with Crippen molar-refractivity contribution in [1.29, 1.82) is 5.26 Å². The highest BCUT2D eigenvalue weighted by Crippen LogP contribution is 2.60. The van der Waals surface area contributed by atoms with E-state index in [-0.39, 0.29) is 0 Å². The molecule has 0 amide bonds. The summed E-state index contributed by atoms with van der Waals surface area (Å²) in [5.74, 6) is 4.41. The maximum Gasteiger partial charge on any atom is 0.164 e. The van der Waals surface area contributed by atoms with Crippen LogP contribution in [0.25, 0.3) is 78.7 Å². The summed E-state index contributed by atoms with van der Waals surface area (Å²) in [7, 11) is 0. The van der Waals surface area contributed by atoms with Crippen LogP contribution in [0.4, 0.5) is 0 Å². The van der Waals surface area contributed by atoms with Gasteiger partial charge in [0.25, 0.3) is 0 Å². The summed E-state index contributed by atoms with van der Waals surface area (Å²) in [6, 6.07) is 64.0. The second kappa shape index (κ2) is 15.0. The van der Waals surface area contributed by atoms with Crippen molar-refractivity contribution in [1.82, 2.24) is 15.0 Å². The Morgan fingerprint density at radius 2 is 0.833 bits per heavy atom. The SMILES string of the molecule is N#Cc1cc(-c2ccccc2)cc(-c2nc(-c3cccc(-c4ccccc4)c3)nc(-c3ccc(-c4ccc(C56C[C@H]7C[C@@H](C5)C[C@@H](C6)C7)cc4)c(-c4ccccc4)c3)n2)c1. The molecular formula is C56H44N4. The number of aromatic nitrogens is 3. The molecule has 0 spiro atoms. The van der Waals surface area contributed by atoms with Crippen molar-refractivity contribution in [2.45, 2.75) is 43.9 Å². The maximum absolute atomic E-state index is 10.2. The second-order valence-corrected chi connectivity index (χ2v) is 17.4. The summed E-state index contributed by atoms with van der Waals surface area (Å²) in [4.78, 5) is 15.5. The van der Waals surface area contributed by atoms with E-state index in [1.54, 1.807) is 5.56 Å². The molecule has 1 heterocycles. The highest BCUT2D eigenvalue weighted by Gasteiger charge is 2.51. The average Bonchev–Trinajstić information content (AvgIpc) is 3.31. The van der Waals surface area contributed by atoms with E-state index >= 15 is 0 Å². The summed E-state index contributed by atoms with van der Waals surface area (Å²) in [6.07, 6.45) is 8.45. The number of nitriles is 1. The van der Waals surface area contributed by atoms with E-state index < -0.39 is 0 Å². The first-order valence-corrected chi connectivity index (χ1v) is 21.4. The third-order valence-corrected chi connectivity index (χ3v) is 13.5. The normalized spacial score (nSPS) is 20.1. The van der Waals surface area contributed by atoms with Crippen molar-refractivity contribution in [3.63, 3.8) is 0 Å². The van der Waals surface area contributed by atoms with Gasteiger partial charge in [-0.25, -0.2) is 15.0 Å². The van der Waals surface area contributed by atoms with Gasteiger partial charge in [-0.05, 0) is 142 Å². The third kappa shape index (κ3) is 6.81. The number of hydrogen-bond acceptors (Lipinski definition) is 4. The summed E-state index contributed by atoms with van der Waals surface area (Å²) < 4.78 is 0. The van der Waals surface area contributed by atoms with Gasteiger partial charge >= 0.3 is 0 Å². The first kappa shape index (κ1) is 36.1. The lowest BCUT2D eigenvalue weighted by molar-refractivity contribution is -0.00518. The van der Waals surface area contributed by atoms with Crippen LogP contribution < -0.4 is 0 Å². The van der Waals surface area contributed by atoms with Gasteiger partial charge in [0.1, 0.15) is 0 Å². The standard InChI is InChI=1S/C56H44N4/c57-36-40-28-48(42-13-6-2-7-14-42)31-49(29-40)55-59-53(46-18-10-17-45(30-46)41-11-4-1-5-12-41)58-54(60-55)47-21-24-51(52(32-47)43-15-8-3-9-16-43)44-19-22-50(23-20-44)56-33-37-25-38(34-56)27-39(26-37)35-56/h1-24,28-32,37-39H,25-27,33-35H2/t37-,38+,39-,56?. The van der Waals surface area contributed by atoms with Gasteiger partial charge in [0.15, 0.2) is 17.5 Å². The fourth-order valence-corrected chi connectivity index (χ4v) is 11.1. The number of hydrogen-bond donors (Lipinski definition) is 0. The predicted molar refractivity (Wildman–Crippen MR) is 242 cm³/mol. The minimum absolute atomic E-state index is 0.364. The zero-order valence-electron chi connectivity index (χ0n) is 33.5. The van der Waals surface area contributed by atoms with Gasteiger partial charge in [0.05, 0.1) is 11.6 Å². The molecule has 4 fully saturated rings. The van der Waals surface area contributed by atoms with E-state index in [1.807, 2.05) is 36.4 Å². The van der Waals surface area contributed by atoms with Crippen LogP contribution in [0.3, 0.4) is 0 Å². The van der Waals surface area contributed by atoms with E-state index in [2.05, 4.69) is 146 Å². The van der Waals surface area contributed by atoms with Gasteiger partial charge < -0.3 is 0 Å². The number of rotatable bonds is 8. The fraction of sp³-hybridized carbons (Fsp3) is 0.179. The lowest BCUT2D eigenvalue weighted by atomic mass is 9.48. The monoisotopic (exact) mass is 772 g/mol. The fourth-order valence-electron chi connectivity index (χ4n) is 11.1. The van der Waals surface area contributed by atoms with E-state index in [1.165, 1.54) is 49.7 Å². The van der Waals surface area contributed by atoms with Crippen molar-refractivity contribution in [3.05, 3.63) is 187 Å². The highest BCUT2D eigenvalue weighted by atomic mass is 15.0. The molecule has 60 heavy (non-hydrogen) atoms. The summed E-state index contributed by atoms with van der Waals surface area (Å²) in [5, 5.41) is 10.2. The molecular weight excluding hydrogens is 729 g/mol. The molecule has 4 bridgehead atoms. The summed E-state index contributed by atoms with van der Waals surface area (Å²) >= 11 is 0. The van der Waals surface area contributed by atoms with Crippen molar-refractivity contribution < 1.29 is 0 Å². The Kier molecular flexibility index (Phi) is 9.04. The van der Waals surface area contributed by atoms with Crippen LogP contribution in [0.1, 0.15) is 49.7 Å². The summed E-state index contributed by atoms with van der Waals surface area (Å²) in [5.41, 5.74) is 13.8. The Labute approximate surface area is 352 Å². The van der Waals surface area contributed by atoms with E-state index in [0.717, 1.165) is 67.8 Å². The minimum Gasteiger partial charge on any atom is -0.208 e. The molecule has 4 aliphatic rings. The summed E-state index contributed by atoms with van der Waals surface area (Å²) in [6.45, 7) is 0. The molecule has 0 atom stereocenters. The Balaban J connectivity index is 1.04. The smallest absolute Gasteiger partial charge is 0.164 e. The molecule has 0 radical (unpaired) electrons.